The van der Waals surface area contributed by atoms with E-state index in [2.05, 4.69) is 30.6 Å². The minimum absolute atomic E-state index is 0.119. The molecule has 0 aliphatic rings. The lowest BCUT2D eigenvalue weighted by molar-refractivity contribution is 0.474. The second-order valence-corrected chi connectivity index (χ2v) is 9.18. The maximum Gasteiger partial charge on any atom is 0.248 e. The zero-order valence-electron chi connectivity index (χ0n) is 21.4. The van der Waals surface area contributed by atoms with Crippen LogP contribution >= 0.6 is 0 Å². The minimum Gasteiger partial charge on any atom is -0.508 e. The molecule has 0 aliphatic heterocycles. The summed E-state index contributed by atoms with van der Waals surface area (Å²) in [5.74, 6) is 1.76. The number of hydrogen-bond donors (Lipinski definition) is 3. The molecule has 0 bridgehead atoms. The molecule has 0 atom stereocenters. The number of nitrogens with zero attached hydrogens (tertiary/aromatic N) is 6. The number of phenolic OH excluding ortho intramolecular Hbond substituents is 3. The van der Waals surface area contributed by atoms with Crippen molar-refractivity contribution >= 4 is 0 Å². The zero-order valence-corrected chi connectivity index (χ0v) is 21.4. The van der Waals surface area contributed by atoms with Gasteiger partial charge in [0.05, 0.1) is 0 Å². The van der Waals surface area contributed by atoms with E-state index in [1.54, 1.807) is 54.6 Å². The molecular formula is C30H18N6O6. The van der Waals surface area contributed by atoms with E-state index in [1.165, 1.54) is 36.4 Å². The van der Waals surface area contributed by atoms with Crippen LogP contribution in [0, 0.1) is 0 Å². The average Bonchev–Trinajstić information content (AvgIpc) is 3.80. The number of benzene rings is 4. The summed E-state index contributed by atoms with van der Waals surface area (Å²) in [5.41, 5.74) is 3.47. The molecule has 0 saturated heterocycles. The monoisotopic (exact) mass is 558 g/mol. The van der Waals surface area contributed by atoms with Crippen molar-refractivity contribution < 1.29 is 28.6 Å². The van der Waals surface area contributed by atoms with Gasteiger partial charge in [-0.1, -0.05) is 0 Å². The second kappa shape index (κ2) is 10.0. The number of rotatable bonds is 6. The largest absolute Gasteiger partial charge is 0.508 e. The summed E-state index contributed by atoms with van der Waals surface area (Å²) < 4.78 is 17.9. The van der Waals surface area contributed by atoms with Crippen LogP contribution in [0.1, 0.15) is 0 Å². The van der Waals surface area contributed by atoms with Gasteiger partial charge in [-0.15, -0.1) is 30.6 Å². The molecule has 7 aromatic rings. The van der Waals surface area contributed by atoms with Crippen molar-refractivity contribution in [3.8, 4) is 86.0 Å². The van der Waals surface area contributed by atoms with Crippen LogP contribution in [0.2, 0.25) is 0 Å². The average molecular weight is 559 g/mol. The maximum atomic E-state index is 9.61. The van der Waals surface area contributed by atoms with E-state index in [9.17, 15) is 15.3 Å². The normalized spacial score (nSPS) is 11.1. The van der Waals surface area contributed by atoms with Crippen molar-refractivity contribution in [1.29, 1.82) is 0 Å². The first-order chi connectivity index (χ1) is 20.5. The Morgan fingerprint density at radius 1 is 0.310 bits per heavy atom. The number of aromatic nitrogens is 6. The third-order valence-electron chi connectivity index (χ3n) is 6.29. The van der Waals surface area contributed by atoms with Gasteiger partial charge >= 0.3 is 0 Å². The molecule has 0 saturated carbocycles. The Bertz CT molecular complexity index is 1770. The summed E-state index contributed by atoms with van der Waals surface area (Å²) in [7, 11) is 0. The molecule has 42 heavy (non-hydrogen) atoms. The van der Waals surface area contributed by atoms with Crippen molar-refractivity contribution in [2.24, 2.45) is 0 Å². The molecule has 4 aromatic carbocycles. The Morgan fingerprint density at radius 2 is 0.524 bits per heavy atom. The molecule has 0 aliphatic carbocycles. The molecule has 0 amide bonds. The van der Waals surface area contributed by atoms with Crippen LogP contribution in [-0.2, 0) is 0 Å². The molecule has 7 rings (SSSR count). The SMILES string of the molecule is Oc1ccc(-c2nnc(-c3cc(-c4nnc(-c5ccc(O)cc5)o4)cc(-c4nnc(-c5ccc(O)cc5)o4)c3)o2)cc1. The lowest BCUT2D eigenvalue weighted by Gasteiger charge is -2.03. The Kier molecular flexibility index (Phi) is 5.90. The highest BCUT2D eigenvalue weighted by atomic mass is 16.4. The summed E-state index contributed by atoms with van der Waals surface area (Å²) in [6.45, 7) is 0. The topological polar surface area (TPSA) is 177 Å². The number of phenols is 3. The summed E-state index contributed by atoms with van der Waals surface area (Å²) in [6.07, 6.45) is 0. The van der Waals surface area contributed by atoms with Crippen molar-refractivity contribution in [1.82, 2.24) is 30.6 Å². The third kappa shape index (κ3) is 4.79. The minimum atomic E-state index is 0.119. The van der Waals surface area contributed by atoms with Gasteiger partial charge in [0.2, 0.25) is 35.3 Å². The Balaban J connectivity index is 1.31. The fourth-order valence-corrected chi connectivity index (χ4v) is 4.18. The third-order valence-corrected chi connectivity index (χ3v) is 6.29. The van der Waals surface area contributed by atoms with Crippen LogP contribution < -0.4 is 0 Å². The van der Waals surface area contributed by atoms with Gasteiger partial charge in [0.1, 0.15) is 17.2 Å². The summed E-state index contributed by atoms with van der Waals surface area (Å²) in [6, 6.07) is 24.4. The summed E-state index contributed by atoms with van der Waals surface area (Å²) in [5, 5.41) is 53.9. The first-order valence-electron chi connectivity index (χ1n) is 12.5. The second-order valence-electron chi connectivity index (χ2n) is 9.18. The first-order valence-corrected chi connectivity index (χ1v) is 12.5. The Labute approximate surface area is 236 Å². The fraction of sp³-hybridized carbons (Fsp3) is 0. The van der Waals surface area contributed by atoms with Crippen LogP contribution in [0.15, 0.2) is 104 Å². The van der Waals surface area contributed by atoms with E-state index >= 15 is 0 Å². The standard InChI is InChI=1S/C30H18N6O6/c37-22-7-1-16(2-8-22)25-31-34-28(40-25)19-13-20(29-35-32-26(41-29)17-3-9-23(38)10-4-17)15-21(14-19)30-36-33-27(42-30)18-5-11-24(39)12-6-18/h1-15,37-39H. The van der Waals surface area contributed by atoms with E-state index in [-0.39, 0.29) is 52.6 Å². The quantitative estimate of drug-likeness (QED) is 0.219. The highest BCUT2D eigenvalue weighted by Gasteiger charge is 2.19. The lowest BCUT2D eigenvalue weighted by Crippen LogP contribution is -1.87. The summed E-state index contributed by atoms with van der Waals surface area (Å²) >= 11 is 0. The van der Waals surface area contributed by atoms with Gasteiger partial charge in [-0.05, 0) is 91.0 Å². The molecule has 3 aromatic heterocycles. The number of aromatic hydroxyl groups is 3. The van der Waals surface area contributed by atoms with E-state index < -0.39 is 0 Å². The molecule has 0 radical (unpaired) electrons. The zero-order chi connectivity index (χ0) is 28.6. The van der Waals surface area contributed by atoms with Crippen molar-refractivity contribution in [3.05, 3.63) is 91.0 Å². The van der Waals surface area contributed by atoms with E-state index in [0.717, 1.165) is 0 Å². The molecule has 0 unspecified atom stereocenters. The predicted octanol–water partition coefficient (Wildman–Crippen LogP) is 5.95. The van der Waals surface area contributed by atoms with Crippen LogP contribution in [-0.4, -0.2) is 45.9 Å². The van der Waals surface area contributed by atoms with Gasteiger partial charge < -0.3 is 28.6 Å². The first kappa shape index (κ1) is 24.7. The van der Waals surface area contributed by atoms with Crippen molar-refractivity contribution in [2.75, 3.05) is 0 Å². The van der Waals surface area contributed by atoms with Gasteiger partial charge in [-0.3, -0.25) is 0 Å². The molecule has 204 valence electrons. The molecule has 12 heteroatoms. The fourth-order valence-electron chi connectivity index (χ4n) is 4.18. The van der Waals surface area contributed by atoms with Crippen molar-refractivity contribution in [2.45, 2.75) is 0 Å². The van der Waals surface area contributed by atoms with Crippen molar-refractivity contribution in [3.63, 3.8) is 0 Å². The Hall–Kier alpha value is -6.30. The van der Waals surface area contributed by atoms with E-state index in [4.69, 9.17) is 13.3 Å². The molecule has 3 N–H and O–H groups in total. The van der Waals surface area contributed by atoms with Gasteiger partial charge in [0.25, 0.3) is 0 Å². The highest BCUT2D eigenvalue weighted by Crippen LogP contribution is 2.35. The van der Waals surface area contributed by atoms with Crippen LogP contribution in [0.4, 0.5) is 0 Å². The maximum absolute atomic E-state index is 9.61. The molecule has 3 heterocycles. The smallest absolute Gasteiger partial charge is 0.248 e. The number of hydrogen-bond acceptors (Lipinski definition) is 12. The molecular weight excluding hydrogens is 540 g/mol. The van der Waals surface area contributed by atoms with E-state index in [1.807, 2.05) is 0 Å². The Morgan fingerprint density at radius 3 is 0.762 bits per heavy atom. The lowest BCUT2D eigenvalue weighted by atomic mass is 10.1. The molecule has 0 spiro atoms. The molecule has 12 nitrogen and oxygen atoms in total. The van der Waals surface area contributed by atoms with Crippen LogP contribution in [0.5, 0.6) is 17.2 Å². The highest BCUT2D eigenvalue weighted by molar-refractivity contribution is 5.74. The van der Waals surface area contributed by atoms with Crippen LogP contribution in [0.3, 0.4) is 0 Å². The molecule has 0 fully saturated rings. The van der Waals surface area contributed by atoms with Crippen LogP contribution in [0.25, 0.3) is 68.7 Å². The van der Waals surface area contributed by atoms with E-state index in [0.29, 0.717) is 33.4 Å². The van der Waals surface area contributed by atoms with Gasteiger partial charge in [0, 0.05) is 33.4 Å². The summed E-state index contributed by atoms with van der Waals surface area (Å²) in [4.78, 5) is 0. The predicted molar refractivity (Wildman–Crippen MR) is 148 cm³/mol. The van der Waals surface area contributed by atoms with Gasteiger partial charge in [0.15, 0.2) is 0 Å². The van der Waals surface area contributed by atoms with Gasteiger partial charge in [-0.2, -0.15) is 0 Å². The van der Waals surface area contributed by atoms with Gasteiger partial charge in [-0.25, -0.2) is 0 Å².